The minimum Gasteiger partial charge on any atom is -0.484 e. The van der Waals surface area contributed by atoms with Crippen LogP contribution in [0.1, 0.15) is 11.1 Å². The van der Waals surface area contributed by atoms with Gasteiger partial charge in [-0.05, 0) is 55.3 Å². The molecule has 0 radical (unpaired) electrons. The zero-order valence-corrected chi connectivity index (χ0v) is 17.4. The average Bonchev–Trinajstić information content (AvgIpc) is 2.80. The van der Waals surface area contributed by atoms with Crippen LogP contribution in [0.4, 0.5) is 5.82 Å². The number of benzene rings is 2. The largest absolute Gasteiger partial charge is 0.484 e. The van der Waals surface area contributed by atoms with Crippen LogP contribution in [0, 0.1) is 13.8 Å². The van der Waals surface area contributed by atoms with E-state index in [-0.39, 0.29) is 12.5 Å². The first-order valence-corrected chi connectivity index (χ1v) is 10.2. The molecule has 4 rings (SSSR count). The summed E-state index contributed by atoms with van der Waals surface area (Å²) in [6.45, 7) is 7.03. The van der Waals surface area contributed by atoms with Crippen LogP contribution in [0.2, 0.25) is 0 Å². The first kappa shape index (κ1) is 19.9. The first-order valence-electron chi connectivity index (χ1n) is 10.2. The van der Waals surface area contributed by atoms with Gasteiger partial charge in [0.15, 0.2) is 12.4 Å². The van der Waals surface area contributed by atoms with Gasteiger partial charge in [-0.25, -0.2) is 0 Å². The highest BCUT2D eigenvalue weighted by atomic mass is 16.5. The van der Waals surface area contributed by atoms with Gasteiger partial charge >= 0.3 is 0 Å². The predicted octanol–water partition coefficient (Wildman–Crippen LogP) is 3.49. The van der Waals surface area contributed by atoms with Crippen molar-refractivity contribution in [3.8, 4) is 17.0 Å². The molecule has 6 heteroatoms. The van der Waals surface area contributed by atoms with Gasteiger partial charge in [-0.2, -0.15) is 0 Å². The van der Waals surface area contributed by atoms with Crippen LogP contribution in [-0.2, 0) is 4.79 Å². The van der Waals surface area contributed by atoms with Crippen molar-refractivity contribution in [1.29, 1.82) is 0 Å². The van der Waals surface area contributed by atoms with Crippen LogP contribution < -0.4 is 9.64 Å². The fourth-order valence-electron chi connectivity index (χ4n) is 3.49. The maximum absolute atomic E-state index is 12.4. The van der Waals surface area contributed by atoms with Crippen LogP contribution in [-0.4, -0.2) is 53.8 Å². The van der Waals surface area contributed by atoms with E-state index < -0.39 is 0 Å². The molecular weight excluding hydrogens is 376 g/mol. The average molecular weight is 402 g/mol. The third-order valence-electron chi connectivity index (χ3n) is 5.52. The number of hydrogen-bond acceptors (Lipinski definition) is 5. The number of ether oxygens (including phenoxy) is 1. The molecule has 0 unspecified atom stereocenters. The Morgan fingerprint density at radius 3 is 2.33 bits per heavy atom. The van der Waals surface area contributed by atoms with Gasteiger partial charge in [0, 0.05) is 31.7 Å². The van der Waals surface area contributed by atoms with E-state index in [0.29, 0.717) is 18.8 Å². The van der Waals surface area contributed by atoms with Crippen molar-refractivity contribution in [2.24, 2.45) is 0 Å². The molecule has 0 saturated carbocycles. The van der Waals surface area contributed by atoms with Crippen LogP contribution in [0.15, 0.2) is 60.7 Å². The number of hydrogen-bond donors (Lipinski definition) is 0. The Kier molecular flexibility index (Phi) is 5.93. The zero-order valence-electron chi connectivity index (χ0n) is 17.4. The summed E-state index contributed by atoms with van der Waals surface area (Å²) in [5.41, 5.74) is 4.46. The van der Waals surface area contributed by atoms with Crippen LogP contribution in [0.3, 0.4) is 0 Å². The summed E-state index contributed by atoms with van der Waals surface area (Å²) >= 11 is 0. The van der Waals surface area contributed by atoms with Gasteiger partial charge in [-0.1, -0.05) is 30.3 Å². The second-order valence-electron chi connectivity index (χ2n) is 7.55. The molecule has 1 amide bonds. The summed E-state index contributed by atoms with van der Waals surface area (Å²) < 4.78 is 5.58. The molecule has 3 aromatic rings. The fourth-order valence-corrected chi connectivity index (χ4v) is 3.49. The second-order valence-corrected chi connectivity index (χ2v) is 7.55. The van der Waals surface area contributed by atoms with E-state index in [2.05, 4.69) is 47.1 Å². The standard InChI is InChI=1S/C24H26N4O2/c1-18-8-9-20(16-19(18)2)22-10-11-23(26-25-22)27-12-14-28(15-13-27)24(29)17-30-21-6-4-3-5-7-21/h3-11,16H,12-15,17H2,1-2H3. The highest BCUT2D eigenvalue weighted by molar-refractivity contribution is 5.78. The lowest BCUT2D eigenvalue weighted by atomic mass is 10.0. The Morgan fingerprint density at radius 2 is 1.67 bits per heavy atom. The predicted molar refractivity (Wildman–Crippen MR) is 118 cm³/mol. The maximum Gasteiger partial charge on any atom is 0.260 e. The number of piperazine rings is 1. The van der Waals surface area contributed by atoms with E-state index in [1.54, 1.807) is 0 Å². The zero-order chi connectivity index (χ0) is 20.9. The van der Waals surface area contributed by atoms with Crippen molar-refractivity contribution in [2.45, 2.75) is 13.8 Å². The van der Waals surface area contributed by atoms with Gasteiger partial charge in [0.2, 0.25) is 0 Å². The SMILES string of the molecule is Cc1ccc(-c2ccc(N3CCN(C(=O)COc4ccccc4)CC3)nn2)cc1C. The smallest absolute Gasteiger partial charge is 0.260 e. The quantitative estimate of drug-likeness (QED) is 0.654. The number of nitrogens with zero attached hydrogens (tertiary/aromatic N) is 4. The van der Waals surface area contributed by atoms with E-state index in [0.717, 1.165) is 30.2 Å². The lowest BCUT2D eigenvalue weighted by Crippen LogP contribution is -2.50. The number of anilines is 1. The van der Waals surface area contributed by atoms with Crippen molar-refractivity contribution in [3.05, 3.63) is 71.8 Å². The first-order chi connectivity index (χ1) is 14.6. The van der Waals surface area contributed by atoms with Crippen molar-refractivity contribution in [3.63, 3.8) is 0 Å². The number of para-hydroxylation sites is 1. The molecule has 1 saturated heterocycles. The molecule has 1 aromatic heterocycles. The third-order valence-corrected chi connectivity index (χ3v) is 5.52. The molecule has 1 aliphatic rings. The van der Waals surface area contributed by atoms with E-state index in [4.69, 9.17) is 4.74 Å². The Hall–Kier alpha value is -3.41. The topological polar surface area (TPSA) is 58.6 Å². The monoisotopic (exact) mass is 402 g/mol. The van der Waals surface area contributed by atoms with Gasteiger partial charge in [0.25, 0.3) is 5.91 Å². The van der Waals surface area contributed by atoms with Crippen molar-refractivity contribution >= 4 is 11.7 Å². The molecule has 1 fully saturated rings. The van der Waals surface area contributed by atoms with Gasteiger partial charge in [0.05, 0.1) is 5.69 Å². The Balaban J connectivity index is 1.31. The summed E-state index contributed by atoms with van der Waals surface area (Å²) in [5, 5.41) is 8.84. The van der Waals surface area contributed by atoms with E-state index in [1.807, 2.05) is 47.4 Å². The van der Waals surface area contributed by atoms with Crippen LogP contribution in [0.5, 0.6) is 5.75 Å². The van der Waals surface area contributed by atoms with Gasteiger partial charge < -0.3 is 14.5 Å². The normalized spacial score (nSPS) is 13.9. The molecule has 0 N–H and O–H groups in total. The molecule has 2 heterocycles. The molecule has 0 atom stereocenters. The molecule has 1 aliphatic heterocycles. The summed E-state index contributed by atoms with van der Waals surface area (Å²) in [4.78, 5) is 16.4. The third kappa shape index (κ3) is 4.59. The molecule has 154 valence electrons. The molecule has 0 bridgehead atoms. The number of carbonyl (C=O) groups is 1. The number of amides is 1. The summed E-state index contributed by atoms with van der Waals surface area (Å²) in [5.74, 6) is 1.56. The number of rotatable bonds is 5. The Labute approximate surface area is 177 Å². The van der Waals surface area contributed by atoms with E-state index >= 15 is 0 Å². The summed E-state index contributed by atoms with van der Waals surface area (Å²) in [6, 6.07) is 19.8. The van der Waals surface area contributed by atoms with E-state index in [9.17, 15) is 4.79 Å². The lowest BCUT2D eigenvalue weighted by molar-refractivity contribution is -0.133. The number of carbonyl (C=O) groups excluding carboxylic acids is 1. The molecule has 6 nitrogen and oxygen atoms in total. The van der Waals surface area contributed by atoms with Gasteiger partial charge in [0.1, 0.15) is 5.75 Å². The van der Waals surface area contributed by atoms with Crippen molar-refractivity contribution in [2.75, 3.05) is 37.7 Å². The molecule has 0 aliphatic carbocycles. The molecule has 2 aromatic carbocycles. The lowest BCUT2D eigenvalue weighted by Gasteiger charge is -2.35. The maximum atomic E-state index is 12.4. The molecule has 0 spiro atoms. The summed E-state index contributed by atoms with van der Waals surface area (Å²) in [7, 11) is 0. The Morgan fingerprint density at radius 1 is 0.900 bits per heavy atom. The molecule has 30 heavy (non-hydrogen) atoms. The van der Waals surface area contributed by atoms with Crippen LogP contribution >= 0.6 is 0 Å². The van der Waals surface area contributed by atoms with Crippen molar-refractivity contribution < 1.29 is 9.53 Å². The van der Waals surface area contributed by atoms with Crippen LogP contribution in [0.25, 0.3) is 11.3 Å². The highest BCUT2D eigenvalue weighted by Gasteiger charge is 2.22. The van der Waals surface area contributed by atoms with Crippen molar-refractivity contribution in [1.82, 2.24) is 15.1 Å². The number of aryl methyl sites for hydroxylation is 2. The highest BCUT2D eigenvalue weighted by Crippen LogP contribution is 2.22. The van der Waals surface area contributed by atoms with E-state index in [1.165, 1.54) is 11.1 Å². The van der Waals surface area contributed by atoms with Gasteiger partial charge in [-0.3, -0.25) is 4.79 Å². The fraction of sp³-hybridized carbons (Fsp3) is 0.292. The minimum absolute atomic E-state index is 0.00896. The Bertz CT molecular complexity index is 997. The number of aromatic nitrogens is 2. The van der Waals surface area contributed by atoms with Gasteiger partial charge in [-0.15, -0.1) is 10.2 Å². The summed E-state index contributed by atoms with van der Waals surface area (Å²) in [6.07, 6.45) is 0. The second kappa shape index (κ2) is 8.95. The molecular formula is C24H26N4O2. The minimum atomic E-state index is 0.00896.